The van der Waals surface area contributed by atoms with Gasteiger partial charge in [0.15, 0.2) is 0 Å². The molecule has 4 heteroatoms. The number of carbonyl (C=O) groups is 1. The van der Waals surface area contributed by atoms with E-state index in [1.54, 1.807) is 0 Å². The number of amides is 1. The second-order valence-corrected chi connectivity index (χ2v) is 6.83. The first-order chi connectivity index (χ1) is 10.2. The first-order valence-electron chi connectivity index (χ1n) is 8.84. The molecule has 1 amide bonds. The molecular formula is C17H32N2O2. The van der Waals surface area contributed by atoms with E-state index in [2.05, 4.69) is 12.2 Å². The average Bonchev–Trinajstić information content (AvgIpc) is 2.50. The number of nitrogens with one attached hydrogen (secondary N) is 1. The van der Waals surface area contributed by atoms with Gasteiger partial charge in [-0.2, -0.15) is 0 Å². The van der Waals surface area contributed by atoms with Crippen LogP contribution in [0.25, 0.3) is 0 Å². The first kappa shape index (κ1) is 16.6. The molecule has 0 spiro atoms. The monoisotopic (exact) mass is 296 g/mol. The highest BCUT2D eigenvalue weighted by Gasteiger charge is 2.23. The number of hydrogen-bond acceptors (Lipinski definition) is 3. The Morgan fingerprint density at radius 1 is 1.14 bits per heavy atom. The number of likely N-dealkylation sites (tertiary alicyclic amines) is 1. The molecule has 0 unspecified atom stereocenters. The molecule has 1 aliphatic heterocycles. The van der Waals surface area contributed by atoms with E-state index in [9.17, 15) is 4.79 Å². The number of nitrogens with zero attached hydrogens (tertiary/aromatic N) is 1. The third kappa shape index (κ3) is 5.50. The first-order valence-corrected chi connectivity index (χ1v) is 8.84. The van der Waals surface area contributed by atoms with Crippen LogP contribution in [0.15, 0.2) is 0 Å². The lowest BCUT2D eigenvalue weighted by atomic mass is 9.81. The van der Waals surface area contributed by atoms with Crippen LogP contribution in [0.1, 0.15) is 58.8 Å². The van der Waals surface area contributed by atoms with Crippen molar-refractivity contribution < 1.29 is 9.53 Å². The zero-order valence-electron chi connectivity index (χ0n) is 13.8. The summed E-state index contributed by atoms with van der Waals surface area (Å²) in [5, 5.41) is 3.69. The lowest BCUT2D eigenvalue weighted by Gasteiger charge is -2.32. The van der Waals surface area contributed by atoms with Crippen molar-refractivity contribution in [2.24, 2.45) is 11.8 Å². The predicted molar refractivity (Wildman–Crippen MR) is 85.4 cm³/mol. The number of piperidine rings is 1. The zero-order valence-corrected chi connectivity index (χ0v) is 13.8. The predicted octanol–water partition coefficient (Wildman–Crippen LogP) is 3.41. The van der Waals surface area contributed by atoms with Gasteiger partial charge in [0.2, 0.25) is 0 Å². The highest BCUT2D eigenvalue weighted by Crippen LogP contribution is 2.30. The van der Waals surface area contributed by atoms with Crippen LogP contribution >= 0.6 is 0 Å². The Morgan fingerprint density at radius 3 is 2.43 bits per heavy atom. The molecule has 21 heavy (non-hydrogen) atoms. The van der Waals surface area contributed by atoms with E-state index in [1.807, 2.05) is 11.8 Å². The SMILES string of the molecule is CCOC(=O)N1CCC(NCCC2CCC(C)CC2)CC1. The number of ether oxygens (including phenoxy) is 1. The van der Waals surface area contributed by atoms with Gasteiger partial charge < -0.3 is 15.0 Å². The van der Waals surface area contributed by atoms with Gasteiger partial charge in [0.25, 0.3) is 0 Å². The summed E-state index contributed by atoms with van der Waals surface area (Å²) < 4.78 is 5.05. The molecule has 1 N–H and O–H groups in total. The van der Waals surface area contributed by atoms with Gasteiger partial charge >= 0.3 is 6.09 Å². The molecule has 2 rings (SSSR count). The average molecular weight is 296 g/mol. The smallest absolute Gasteiger partial charge is 0.409 e. The van der Waals surface area contributed by atoms with Gasteiger partial charge in [-0.25, -0.2) is 4.79 Å². The Bertz CT molecular complexity index is 306. The summed E-state index contributed by atoms with van der Waals surface area (Å²) in [6, 6.07) is 0.582. The fourth-order valence-corrected chi connectivity index (χ4v) is 3.59. The third-order valence-electron chi connectivity index (χ3n) is 5.14. The second kappa shape index (κ2) is 8.62. The highest BCUT2D eigenvalue weighted by atomic mass is 16.6. The molecule has 0 bridgehead atoms. The van der Waals surface area contributed by atoms with E-state index in [-0.39, 0.29) is 6.09 Å². The minimum Gasteiger partial charge on any atom is -0.450 e. The van der Waals surface area contributed by atoms with Crippen molar-refractivity contribution in [1.82, 2.24) is 10.2 Å². The number of rotatable bonds is 5. The zero-order chi connectivity index (χ0) is 15.1. The van der Waals surface area contributed by atoms with Crippen molar-refractivity contribution >= 4 is 6.09 Å². The third-order valence-corrected chi connectivity index (χ3v) is 5.14. The summed E-state index contributed by atoms with van der Waals surface area (Å²) in [7, 11) is 0. The summed E-state index contributed by atoms with van der Waals surface area (Å²) in [5.74, 6) is 1.88. The maximum atomic E-state index is 11.6. The summed E-state index contributed by atoms with van der Waals surface area (Å²) >= 11 is 0. The molecule has 0 aromatic heterocycles. The molecule has 4 nitrogen and oxygen atoms in total. The Balaban J connectivity index is 1.56. The second-order valence-electron chi connectivity index (χ2n) is 6.83. The van der Waals surface area contributed by atoms with Crippen molar-refractivity contribution in [3.63, 3.8) is 0 Å². The van der Waals surface area contributed by atoms with Crippen LogP contribution in [-0.2, 0) is 4.74 Å². The van der Waals surface area contributed by atoms with Crippen LogP contribution < -0.4 is 5.32 Å². The summed E-state index contributed by atoms with van der Waals surface area (Å²) in [6.07, 6.45) is 8.97. The lowest BCUT2D eigenvalue weighted by molar-refractivity contribution is 0.0949. The molecule has 1 aliphatic carbocycles. The van der Waals surface area contributed by atoms with Gasteiger partial charge in [-0.05, 0) is 44.6 Å². The van der Waals surface area contributed by atoms with Crippen LogP contribution in [0, 0.1) is 11.8 Å². The maximum absolute atomic E-state index is 11.6. The van der Waals surface area contributed by atoms with Crippen LogP contribution in [0.3, 0.4) is 0 Å². The normalized spacial score (nSPS) is 27.6. The van der Waals surface area contributed by atoms with Crippen LogP contribution in [0.5, 0.6) is 0 Å². The number of carbonyl (C=O) groups excluding carboxylic acids is 1. The molecule has 0 aromatic carbocycles. The Hall–Kier alpha value is -0.770. The molecule has 1 saturated carbocycles. The molecule has 0 atom stereocenters. The molecular weight excluding hydrogens is 264 g/mol. The van der Waals surface area contributed by atoms with Crippen molar-refractivity contribution in [3.05, 3.63) is 0 Å². The minimum atomic E-state index is -0.146. The number of hydrogen-bond donors (Lipinski definition) is 1. The van der Waals surface area contributed by atoms with Crippen molar-refractivity contribution in [2.75, 3.05) is 26.2 Å². The summed E-state index contributed by atoms with van der Waals surface area (Å²) in [5.41, 5.74) is 0. The molecule has 1 saturated heterocycles. The van der Waals surface area contributed by atoms with E-state index >= 15 is 0 Å². The van der Waals surface area contributed by atoms with E-state index < -0.39 is 0 Å². The van der Waals surface area contributed by atoms with Crippen molar-refractivity contribution in [3.8, 4) is 0 Å². The Morgan fingerprint density at radius 2 is 1.81 bits per heavy atom. The van der Waals surface area contributed by atoms with Crippen LogP contribution in [0.2, 0.25) is 0 Å². The van der Waals surface area contributed by atoms with Gasteiger partial charge in [-0.3, -0.25) is 0 Å². The molecule has 2 fully saturated rings. The topological polar surface area (TPSA) is 41.6 Å². The van der Waals surface area contributed by atoms with Crippen LogP contribution in [-0.4, -0.2) is 43.3 Å². The van der Waals surface area contributed by atoms with E-state index in [4.69, 9.17) is 4.74 Å². The van der Waals surface area contributed by atoms with Gasteiger partial charge in [-0.15, -0.1) is 0 Å². The van der Waals surface area contributed by atoms with Gasteiger partial charge in [0.1, 0.15) is 0 Å². The highest BCUT2D eigenvalue weighted by molar-refractivity contribution is 5.67. The van der Waals surface area contributed by atoms with Gasteiger partial charge in [0.05, 0.1) is 6.61 Å². The van der Waals surface area contributed by atoms with Crippen LogP contribution in [0.4, 0.5) is 4.79 Å². The largest absolute Gasteiger partial charge is 0.450 e. The maximum Gasteiger partial charge on any atom is 0.409 e. The van der Waals surface area contributed by atoms with E-state index in [1.165, 1.54) is 32.1 Å². The fraction of sp³-hybridized carbons (Fsp3) is 0.941. The van der Waals surface area contributed by atoms with Gasteiger partial charge in [-0.1, -0.05) is 32.6 Å². The Labute approximate surface area is 129 Å². The molecule has 0 radical (unpaired) electrons. The van der Waals surface area contributed by atoms with E-state index in [0.29, 0.717) is 12.6 Å². The summed E-state index contributed by atoms with van der Waals surface area (Å²) in [4.78, 5) is 13.5. The Kier molecular flexibility index (Phi) is 6.81. The molecule has 2 aliphatic rings. The van der Waals surface area contributed by atoms with Crippen molar-refractivity contribution in [2.45, 2.75) is 64.8 Å². The summed E-state index contributed by atoms with van der Waals surface area (Å²) in [6.45, 7) is 7.51. The van der Waals surface area contributed by atoms with Crippen molar-refractivity contribution in [1.29, 1.82) is 0 Å². The van der Waals surface area contributed by atoms with E-state index in [0.717, 1.165) is 44.3 Å². The quantitative estimate of drug-likeness (QED) is 0.845. The standard InChI is InChI=1S/C17H32N2O2/c1-3-21-17(20)19-12-9-16(10-13-19)18-11-8-15-6-4-14(2)5-7-15/h14-16,18H,3-13H2,1-2H3. The minimum absolute atomic E-state index is 0.146. The molecule has 122 valence electrons. The molecule has 1 heterocycles. The lowest BCUT2D eigenvalue weighted by Crippen LogP contribution is -2.45. The molecule has 0 aromatic rings. The fourth-order valence-electron chi connectivity index (χ4n) is 3.59. The van der Waals surface area contributed by atoms with Gasteiger partial charge in [0, 0.05) is 19.1 Å².